The minimum absolute atomic E-state index is 0.114. The standard InChI is InChI=1S/C12H11F4N3O/c1-20-10-3-7(2-9(13)11(10)17)8-4-18-19(5-8)6-12(14,15)16/h2-5H,6,17H2,1H3. The molecule has 0 atom stereocenters. The Morgan fingerprint density at radius 3 is 2.60 bits per heavy atom. The Labute approximate surface area is 111 Å². The van der Waals surface area contributed by atoms with E-state index in [-0.39, 0.29) is 11.4 Å². The van der Waals surface area contributed by atoms with Gasteiger partial charge in [0, 0.05) is 11.8 Å². The fourth-order valence-electron chi connectivity index (χ4n) is 1.71. The predicted octanol–water partition coefficient (Wildman–Crippen LogP) is 2.84. The number of benzene rings is 1. The molecule has 108 valence electrons. The smallest absolute Gasteiger partial charge is 0.408 e. The van der Waals surface area contributed by atoms with Crippen molar-refractivity contribution >= 4 is 5.69 Å². The minimum Gasteiger partial charge on any atom is -0.494 e. The molecule has 0 amide bonds. The van der Waals surface area contributed by atoms with E-state index in [4.69, 9.17) is 10.5 Å². The number of alkyl halides is 3. The highest BCUT2D eigenvalue weighted by Gasteiger charge is 2.28. The van der Waals surface area contributed by atoms with E-state index in [0.717, 1.165) is 10.7 Å². The molecule has 4 nitrogen and oxygen atoms in total. The Morgan fingerprint density at radius 1 is 1.30 bits per heavy atom. The Balaban J connectivity index is 2.35. The lowest BCUT2D eigenvalue weighted by atomic mass is 10.1. The molecular formula is C12H11F4N3O. The fourth-order valence-corrected chi connectivity index (χ4v) is 1.71. The first-order valence-corrected chi connectivity index (χ1v) is 5.53. The van der Waals surface area contributed by atoms with Crippen LogP contribution in [0.25, 0.3) is 11.1 Å². The van der Waals surface area contributed by atoms with Crippen LogP contribution in [0.1, 0.15) is 0 Å². The lowest BCUT2D eigenvalue weighted by molar-refractivity contribution is -0.142. The predicted molar refractivity (Wildman–Crippen MR) is 64.6 cm³/mol. The molecular weight excluding hydrogens is 278 g/mol. The normalized spacial score (nSPS) is 11.7. The van der Waals surface area contributed by atoms with Gasteiger partial charge in [-0.1, -0.05) is 0 Å². The van der Waals surface area contributed by atoms with Gasteiger partial charge in [-0.2, -0.15) is 18.3 Å². The van der Waals surface area contributed by atoms with E-state index in [0.29, 0.717) is 11.1 Å². The van der Waals surface area contributed by atoms with Gasteiger partial charge in [-0.25, -0.2) is 4.39 Å². The van der Waals surface area contributed by atoms with Crippen LogP contribution in [0, 0.1) is 5.82 Å². The van der Waals surface area contributed by atoms with Crippen LogP contribution in [0.3, 0.4) is 0 Å². The first-order valence-electron chi connectivity index (χ1n) is 5.53. The first kappa shape index (κ1) is 14.2. The minimum atomic E-state index is -4.37. The number of halogens is 4. The first-order chi connectivity index (χ1) is 9.30. The highest BCUT2D eigenvalue weighted by atomic mass is 19.4. The van der Waals surface area contributed by atoms with E-state index in [2.05, 4.69) is 5.10 Å². The van der Waals surface area contributed by atoms with Crippen LogP contribution in [0.15, 0.2) is 24.5 Å². The van der Waals surface area contributed by atoms with E-state index >= 15 is 0 Å². The second kappa shape index (κ2) is 5.03. The molecule has 0 fully saturated rings. The summed E-state index contributed by atoms with van der Waals surface area (Å²) in [6.07, 6.45) is -1.97. The topological polar surface area (TPSA) is 53.1 Å². The number of nitrogen functional groups attached to an aromatic ring is 1. The molecule has 20 heavy (non-hydrogen) atoms. The van der Waals surface area contributed by atoms with Gasteiger partial charge >= 0.3 is 6.18 Å². The highest BCUT2D eigenvalue weighted by Crippen LogP contribution is 2.31. The van der Waals surface area contributed by atoms with Crippen molar-refractivity contribution < 1.29 is 22.3 Å². The molecule has 1 aromatic heterocycles. The summed E-state index contributed by atoms with van der Waals surface area (Å²) in [5.74, 6) is -0.591. The molecule has 0 unspecified atom stereocenters. The number of ether oxygens (including phenoxy) is 1. The second-order valence-electron chi connectivity index (χ2n) is 4.12. The average molecular weight is 289 g/mol. The quantitative estimate of drug-likeness (QED) is 0.698. The van der Waals surface area contributed by atoms with Crippen molar-refractivity contribution in [2.45, 2.75) is 12.7 Å². The molecule has 8 heteroatoms. The summed E-state index contributed by atoms with van der Waals surface area (Å²) in [6, 6.07) is 2.56. The molecule has 2 aromatic rings. The highest BCUT2D eigenvalue weighted by molar-refractivity contribution is 5.69. The lowest BCUT2D eigenvalue weighted by Gasteiger charge is -2.08. The van der Waals surface area contributed by atoms with Gasteiger partial charge in [-0.15, -0.1) is 0 Å². The number of hydrogen-bond donors (Lipinski definition) is 1. The van der Waals surface area contributed by atoms with Gasteiger partial charge in [0.25, 0.3) is 0 Å². The maximum Gasteiger partial charge on any atom is 0.408 e. The van der Waals surface area contributed by atoms with Crippen LogP contribution in [-0.2, 0) is 6.54 Å². The Bertz CT molecular complexity index is 622. The Hall–Kier alpha value is -2.25. The van der Waals surface area contributed by atoms with E-state index in [1.54, 1.807) is 0 Å². The Morgan fingerprint density at radius 2 is 2.00 bits per heavy atom. The largest absolute Gasteiger partial charge is 0.494 e. The van der Waals surface area contributed by atoms with Crippen molar-refractivity contribution in [2.75, 3.05) is 12.8 Å². The summed E-state index contributed by atoms with van der Waals surface area (Å²) in [6.45, 7) is -1.21. The summed E-state index contributed by atoms with van der Waals surface area (Å²) >= 11 is 0. The van der Waals surface area contributed by atoms with Crippen LogP contribution >= 0.6 is 0 Å². The molecule has 0 radical (unpaired) electrons. The van der Waals surface area contributed by atoms with Gasteiger partial charge in [0.05, 0.1) is 13.3 Å². The van der Waals surface area contributed by atoms with E-state index in [1.807, 2.05) is 0 Å². The number of aromatic nitrogens is 2. The monoisotopic (exact) mass is 289 g/mol. The Kier molecular flexibility index (Phi) is 3.56. The van der Waals surface area contributed by atoms with Crippen LogP contribution in [0.5, 0.6) is 5.75 Å². The molecule has 0 saturated carbocycles. The third-order valence-electron chi connectivity index (χ3n) is 2.62. The lowest BCUT2D eigenvalue weighted by Crippen LogP contribution is -2.17. The summed E-state index contributed by atoms with van der Waals surface area (Å²) < 4.78 is 55.9. The van der Waals surface area contributed by atoms with Crippen LogP contribution in [0.4, 0.5) is 23.2 Å². The van der Waals surface area contributed by atoms with Gasteiger partial charge in [0.1, 0.15) is 18.0 Å². The van der Waals surface area contributed by atoms with Crippen molar-refractivity contribution in [3.8, 4) is 16.9 Å². The van der Waals surface area contributed by atoms with Crippen molar-refractivity contribution in [3.05, 3.63) is 30.3 Å². The number of hydrogen-bond acceptors (Lipinski definition) is 3. The molecule has 2 rings (SSSR count). The van der Waals surface area contributed by atoms with Gasteiger partial charge in [0.15, 0.2) is 5.82 Å². The molecule has 0 saturated heterocycles. The summed E-state index contributed by atoms with van der Waals surface area (Å²) in [7, 11) is 1.32. The van der Waals surface area contributed by atoms with Crippen LogP contribution < -0.4 is 10.5 Å². The van der Waals surface area contributed by atoms with E-state index in [9.17, 15) is 17.6 Å². The van der Waals surface area contributed by atoms with Crippen molar-refractivity contribution in [1.29, 1.82) is 0 Å². The SMILES string of the molecule is COc1cc(-c2cnn(CC(F)(F)F)c2)cc(F)c1N. The molecule has 0 aliphatic rings. The van der Waals surface area contributed by atoms with Crippen LogP contribution in [0.2, 0.25) is 0 Å². The summed E-state index contributed by atoms with van der Waals surface area (Å²) in [4.78, 5) is 0. The zero-order chi connectivity index (χ0) is 14.9. The van der Waals surface area contributed by atoms with Crippen molar-refractivity contribution in [3.63, 3.8) is 0 Å². The molecule has 1 heterocycles. The molecule has 0 spiro atoms. The summed E-state index contributed by atoms with van der Waals surface area (Å²) in [5.41, 5.74) is 5.98. The summed E-state index contributed by atoms with van der Waals surface area (Å²) in [5, 5.41) is 3.59. The number of rotatable bonds is 3. The number of nitrogens with zero attached hydrogens (tertiary/aromatic N) is 2. The van der Waals surface area contributed by atoms with Gasteiger partial charge < -0.3 is 10.5 Å². The second-order valence-corrected chi connectivity index (χ2v) is 4.12. The number of methoxy groups -OCH3 is 1. The molecule has 0 aliphatic heterocycles. The van der Waals surface area contributed by atoms with Gasteiger partial charge in [0.2, 0.25) is 0 Å². The zero-order valence-electron chi connectivity index (χ0n) is 10.4. The van der Waals surface area contributed by atoms with Crippen LogP contribution in [-0.4, -0.2) is 23.1 Å². The molecule has 1 aromatic carbocycles. The molecule has 0 bridgehead atoms. The van der Waals surface area contributed by atoms with E-state index < -0.39 is 18.5 Å². The van der Waals surface area contributed by atoms with Gasteiger partial charge in [-0.05, 0) is 17.7 Å². The fraction of sp³-hybridized carbons (Fsp3) is 0.250. The number of anilines is 1. The maximum absolute atomic E-state index is 13.6. The molecule has 0 aliphatic carbocycles. The number of nitrogens with two attached hydrogens (primary N) is 1. The average Bonchev–Trinajstić information content (AvgIpc) is 2.78. The molecule has 2 N–H and O–H groups in total. The maximum atomic E-state index is 13.6. The van der Waals surface area contributed by atoms with Crippen molar-refractivity contribution in [1.82, 2.24) is 9.78 Å². The van der Waals surface area contributed by atoms with Gasteiger partial charge in [-0.3, -0.25) is 4.68 Å². The third kappa shape index (κ3) is 3.01. The third-order valence-corrected chi connectivity index (χ3v) is 2.62. The van der Waals surface area contributed by atoms with Crippen molar-refractivity contribution in [2.24, 2.45) is 0 Å². The van der Waals surface area contributed by atoms with E-state index in [1.165, 1.54) is 25.6 Å². The zero-order valence-corrected chi connectivity index (χ0v) is 10.4.